The summed E-state index contributed by atoms with van der Waals surface area (Å²) in [5.74, 6) is -0.168. The molecule has 4 rings (SSSR count). The molecule has 0 saturated carbocycles. The molecule has 0 aliphatic heterocycles. The zero-order chi connectivity index (χ0) is 20.6. The fraction of sp³-hybridized carbons (Fsp3) is 0.476. The number of carbonyl (C=O) groups is 1. The predicted octanol–water partition coefficient (Wildman–Crippen LogP) is 4.10. The number of sulfonamides is 1. The highest BCUT2D eigenvalue weighted by molar-refractivity contribution is 7.93. The lowest BCUT2D eigenvalue weighted by Gasteiger charge is -2.19. The molecule has 1 aromatic carbocycles. The van der Waals surface area contributed by atoms with Crippen LogP contribution in [0.1, 0.15) is 57.6 Å². The van der Waals surface area contributed by atoms with E-state index < -0.39 is 16.0 Å². The summed E-state index contributed by atoms with van der Waals surface area (Å²) in [5.41, 5.74) is 3.47. The van der Waals surface area contributed by atoms with E-state index >= 15 is 0 Å². The van der Waals surface area contributed by atoms with Crippen LogP contribution in [0.4, 0.5) is 5.00 Å². The van der Waals surface area contributed by atoms with Crippen LogP contribution in [0.15, 0.2) is 17.0 Å². The Bertz CT molecular complexity index is 1060. The van der Waals surface area contributed by atoms with Gasteiger partial charge in [-0.2, -0.15) is 0 Å². The van der Waals surface area contributed by atoms with Gasteiger partial charge in [-0.3, -0.25) is 4.72 Å². The van der Waals surface area contributed by atoms with Crippen molar-refractivity contribution in [1.29, 1.82) is 0 Å². The number of anilines is 1. The van der Waals surface area contributed by atoms with Gasteiger partial charge >= 0.3 is 5.97 Å². The van der Waals surface area contributed by atoms with Crippen LogP contribution in [-0.2, 0) is 40.4 Å². The average Bonchev–Trinajstić information content (AvgIpc) is 3.09. The summed E-state index contributed by atoms with van der Waals surface area (Å²) in [5, 5.41) is 0.337. The third-order valence-corrected chi connectivity index (χ3v) is 8.41. The fourth-order valence-corrected chi connectivity index (χ4v) is 7.03. The van der Waals surface area contributed by atoms with Gasteiger partial charge in [-0.25, -0.2) is 13.2 Å². The summed E-state index contributed by atoms with van der Waals surface area (Å²) in [6.07, 6.45) is 7.60. The number of hydrogen-bond donors (Lipinski definition) is 1. The molecule has 0 spiro atoms. The Labute approximate surface area is 175 Å². The molecule has 0 unspecified atom stereocenters. The maximum absolute atomic E-state index is 13.3. The first-order chi connectivity index (χ1) is 13.9. The van der Waals surface area contributed by atoms with Crippen molar-refractivity contribution in [3.8, 4) is 5.75 Å². The molecule has 1 N–H and O–H groups in total. The van der Waals surface area contributed by atoms with Crippen molar-refractivity contribution in [3.63, 3.8) is 0 Å². The molecule has 1 heterocycles. The second-order valence-corrected chi connectivity index (χ2v) is 10.2. The number of methoxy groups -OCH3 is 2. The van der Waals surface area contributed by atoms with E-state index in [0.717, 1.165) is 72.9 Å². The Morgan fingerprint density at radius 1 is 1.00 bits per heavy atom. The van der Waals surface area contributed by atoms with Gasteiger partial charge in [-0.05, 0) is 80.2 Å². The number of ether oxygens (including phenoxy) is 2. The number of benzene rings is 1. The van der Waals surface area contributed by atoms with E-state index in [0.29, 0.717) is 16.3 Å². The molecule has 0 amide bonds. The number of fused-ring (bicyclic) bond motifs is 2. The Morgan fingerprint density at radius 2 is 1.66 bits per heavy atom. The third kappa shape index (κ3) is 3.75. The first kappa shape index (κ1) is 20.2. The molecule has 0 fully saturated rings. The molecule has 0 radical (unpaired) electrons. The average molecular weight is 436 g/mol. The van der Waals surface area contributed by atoms with E-state index in [1.165, 1.54) is 25.6 Å². The molecule has 1 aromatic heterocycles. The van der Waals surface area contributed by atoms with E-state index in [4.69, 9.17) is 9.47 Å². The lowest BCUT2D eigenvalue weighted by molar-refractivity contribution is 0.0601. The molecule has 156 valence electrons. The monoisotopic (exact) mass is 435 g/mol. The van der Waals surface area contributed by atoms with Crippen LogP contribution >= 0.6 is 11.3 Å². The highest BCUT2D eigenvalue weighted by Gasteiger charge is 2.30. The van der Waals surface area contributed by atoms with Crippen molar-refractivity contribution in [2.24, 2.45) is 0 Å². The molecule has 2 aliphatic carbocycles. The minimum atomic E-state index is -3.93. The Kier molecular flexibility index (Phi) is 5.57. The summed E-state index contributed by atoms with van der Waals surface area (Å²) in [4.78, 5) is 13.6. The summed E-state index contributed by atoms with van der Waals surface area (Å²) in [7, 11) is -1.13. The summed E-state index contributed by atoms with van der Waals surface area (Å²) < 4.78 is 39.6. The molecule has 29 heavy (non-hydrogen) atoms. The molecule has 6 nitrogen and oxygen atoms in total. The van der Waals surface area contributed by atoms with Crippen LogP contribution in [0.25, 0.3) is 0 Å². The Balaban J connectivity index is 1.77. The maximum Gasteiger partial charge on any atom is 0.341 e. The van der Waals surface area contributed by atoms with Gasteiger partial charge in [0.05, 0.1) is 19.8 Å². The summed E-state index contributed by atoms with van der Waals surface area (Å²) >= 11 is 1.34. The molecule has 0 saturated heterocycles. The van der Waals surface area contributed by atoms with Crippen LogP contribution < -0.4 is 9.46 Å². The van der Waals surface area contributed by atoms with Gasteiger partial charge in [-0.1, -0.05) is 0 Å². The normalized spacial score (nSPS) is 15.9. The third-order valence-electron chi connectivity index (χ3n) is 5.71. The second-order valence-electron chi connectivity index (χ2n) is 7.49. The van der Waals surface area contributed by atoms with Crippen LogP contribution in [0.3, 0.4) is 0 Å². The van der Waals surface area contributed by atoms with E-state index in [9.17, 15) is 13.2 Å². The van der Waals surface area contributed by atoms with Crippen molar-refractivity contribution in [2.75, 3.05) is 18.9 Å². The molecule has 2 aromatic rings. The lowest BCUT2D eigenvalue weighted by Crippen LogP contribution is -2.17. The molecule has 0 bridgehead atoms. The first-order valence-corrected chi connectivity index (χ1v) is 12.2. The minimum absolute atomic E-state index is 0.114. The zero-order valence-electron chi connectivity index (χ0n) is 16.7. The highest BCUT2D eigenvalue weighted by Crippen LogP contribution is 2.40. The van der Waals surface area contributed by atoms with Crippen LogP contribution in [-0.4, -0.2) is 28.6 Å². The molecule has 8 heteroatoms. The van der Waals surface area contributed by atoms with E-state index in [2.05, 4.69) is 4.72 Å². The zero-order valence-corrected chi connectivity index (χ0v) is 18.3. The maximum atomic E-state index is 13.3. The Hall–Kier alpha value is -2.06. The van der Waals surface area contributed by atoms with Gasteiger partial charge in [0.2, 0.25) is 0 Å². The van der Waals surface area contributed by atoms with Crippen LogP contribution in [0.2, 0.25) is 0 Å². The number of aryl methyl sites for hydroxylation is 3. The predicted molar refractivity (Wildman–Crippen MR) is 113 cm³/mol. The van der Waals surface area contributed by atoms with Crippen LogP contribution in [0.5, 0.6) is 5.75 Å². The van der Waals surface area contributed by atoms with E-state index in [-0.39, 0.29) is 4.90 Å². The van der Waals surface area contributed by atoms with Crippen molar-refractivity contribution < 1.29 is 22.7 Å². The smallest absolute Gasteiger partial charge is 0.341 e. The highest BCUT2D eigenvalue weighted by atomic mass is 32.2. The van der Waals surface area contributed by atoms with Gasteiger partial charge in [0.25, 0.3) is 10.0 Å². The largest absolute Gasteiger partial charge is 0.495 e. The first-order valence-electron chi connectivity index (χ1n) is 9.90. The number of nitrogens with one attached hydrogen (secondary N) is 1. The molecular formula is C21H25NO5S2. The molecule has 2 aliphatic rings. The SMILES string of the molecule is COC(=O)c1c(NS(=O)(=O)c2cc3c(cc2OC)CCCC3)sc2c1CCCC2. The number of hydrogen-bond acceptors (Lipinski definition) is 6. The summed E-state index contributed by atoms with van der Waals surface area (Å²) in [6, 6.07) is 3.56. The van der Waals surface area contributed by atoms with Gasteiger partial charge in [-0.15, -0.1) is 11.3 Å². The number of carbonyl (C=O) groups excluding carboxylic acids is 1. The number of rotatable bonds is 5. The lowest BCUT2D eigenvalue weighted by atomic mass is 9.92. The minimum Gasteiger partial charge on any atom is -0.495 e. The van der Waals surface area contributed by atoms with Gasteiger partial charge in [0, 0.05) is 4.88 Å². The quantitative estimate of drug-likeness (QED) is 0.715. The summed E-state index contributed by atoms with van der Waals surface area (Å²) in [6.45, 7) is 0. The molecular weight excluding hydrogens is 410 g/mol. The standard InChI is InChI=1S/C21H25NO5S2/c1-26-16-11-13-7-3-4-8-14(13)12-18(16)29(24,25)22-20-19(21(23)27-2)15-9-5-6-10-17(15)28-20/h11-12,22H,3-10H2,1-2H3. The number of esters is 1. The van der Waals surface area contributed by atoms with Gasteiger partial charge in [0.15, 0.2) is 0 Å². The Morgan fingerprint density at radius 3 is 2.34 bits per heavy atom. The van der Waals surface area contributed by atoms with Gasteiger partial charge in [0.1, 0.15) is 15.6 Å². The second kappa shape index (κ2) is 7.99. The van der Waals surface area contributed by atoms with Gasteiger partial charge < -0.3 is 9.47 Å². The topological polar surface area (TPSA) is 81.7 Å². The van der Waals surface area contributed by atoms with Crippen molar-refractivity contribution >= 4 is 32.3 Å². The van der Waals surface area contributed by atoms with E-state index in [1.807, 2.05) is 6.07 Å². The van der Waals surface area contributed by atoms with Crippen molar-refractivity contribution in [1.82, 2.24) is 0 Å². The van der Waals surface area contributed by atoms with E-state index in [1.54, 1.807) is 6.07 Å². The number of thiophene rings is 1. The molecule has 0 atom stereocenters. The fourth-order valence-electron chi connectivity index (χ4n) is 4.24. The van der Waals surface area contributed by atoms with Crippen molar-refractivity contribution in [2.45, 2.75) is 56.3 Å². The van der Waals surface area contributed by atoms with Crippen molar-refractivity contribution in [3.05, 3.63) is 39.3 Å². The van der Waals surface area contributed by atoms with Crippen LogP contribution in [0, 0.1) is 0 Å².